The first-order valence-corrected chi connectivity index (χ1v) is 5.85. The van der Waals surface area contributed by atoms with E-state index in [0.29, 0.717) is 6.04 Å². The predicted octanol–water partition coefficient (Wildman–Crippen LogP) is 1.63. The highest BCUT2D eigenvalue weighted by Crippen LogP contribution is 2.25. The van der Waals surface area contributed by atoms with Crippen LogP contribution in [0.5, 0.6) is 0 Å². The molecule has 0 spiro atoms. The van der Waals surface area contributed by atoms with E-state index >= 15 is 0 Å². The summed E-state index contributed by atoms with van der Waals surface area (Å²) in [5, 5.41) is 13.9. The molecule has 0 aromatic carbocycles. The fourth-order valence-corrected chi connectivity index (χ4v) is 2.45. The smallest absolute Gasteiger partial charge is 0.0897 e. The number of hydrogen-bond donors (Lipinski definition) is 2. The van der Waals surface area contributed by atoms with Gasteiger partial charge in [-0.05, 0) is 26.7 Å². The Hall–Kier alpha value is -0.450. The molecule has 0 amide bonds. The van der Waals surface area contributed by atoms with Crippen molar-refractivity contribution in [3.8, 4) is 0 Å². The molecule has 0 saturated heterocycles. The number of aromatic nitrogens is 1. The minimum absolute atomic E-state index is 0.147. The van der Waals surface area contributed by atoms with Crippen molar-refractivity contribution in [1.29, 1.82) is 0 Å². The first-order valence-electron chi connectivity index (χ1n) is 5.03. The zero-order valence-electron chi connectivity index (χ0n) is 8.53. The average Bonchev–Trinajstić information content (AvgIpc) is 2.58. The van der Waals surface area contributed by atoms with Crippen LogP contribution in [0.15, 0.2) is 6.20 Å². The summed E-state index contributed by atoms with van der Waals surface area (Å²) in [5.41, 5.74) is 0. The van der Waals surface area contributed by atoms with E-state index in [4.69, 9.17) is 0 Å². The molecule has 0 radical (unpaired) electrons. The number of aliphatic hydroxyl groups excluding tert-OH is 1. The molecule has 2 rings (SSSR count). The molecule has 2 N–H and O–H groups in total. The number of nitrogens with zero attached hydrogens (tertiary/aromatic N) is 1. The van der Waals surface area contributed by atoms with Crippen molar-refractivity contribution in [2.24, 2.45) is 0 Å². The topological polar surface area (TPSA) is 45.2 Å². The molecular formula is C10H16N2OS. The van der Waals surface area contributed by atoms with Crippen molar-refractivity contribution in [3.05, 3.63) is 16.1 Å². The molecule has 1 fully saturated rings. The minimum Gasteiger partial charge on any atom is -0.392 e. The van der Waals surface area contributed by atoms with Crippen LogP contribution in [-0.4, -0.2) is 22.2 Å². The fourth-order valence-electron chi connectivity index (χ4n) is 1.66. The van der Waals surface area contributed by atoms with Gasteiger partial charge in [-0.1, -0.05) is 0 Å². The molecule has 1 heterocycles. The zero-order chi connectivity index (χ0) is 10.1. The van der Waals surface area contributed by atoms with Crippen LogP contribution in [0.3, 0.4) is 0 Å². The second kappa shape index (κ2) is 3.96. The fraction of sp³-hybridized carbons (Fsp3) is 0.700. The van der Waals surface area contributed by atoms with Crippen molar-refractivity contribution in [2.75, 3.05) is 0 Å². The van der Waals surface area contributed by atoms with E-state index < -0.39 is 0 Å². The molecule has 1 aliphatic carbocycles. The number of aryl methyl sites for hydroxylation is 1. The maximum atomic E-state index is 9.43. The molecule has 4 heteroatoms. The average molecular weight is 212 g/mol. The number of hydrogen-bond acceptors (Lipinski definition) is 4. The van der Waals surface area contributed by atoms with Crippen LogP contribution in [0.1, 0.15) is 35.7 Å². The highest BCUT2D eigenvalue weighted by molar-refractivity contribution is 7.11. The van der Waals surface area contributed by atoms with Gasteiger partial charge in [-0.2, -0.15) is 0 Å². The summed E-state index contributed by atoms with van der Waals surface area (Å²) in [7, 11) is 0. The van der Waals surface area contributed by atoms with Crippen LogP contribution in [0.2, 0.25) is 0 Å². The van der Waals surface area contributed by atoms with Crippen molar-refractivity contribution >= 4 is 11.3 Å². The van der Waals surface area contributed by atoms with Crippen LogP contribution >= 0.6 is 11.3 Å². The monoisotopic (exact) mass is 212 g/mol. The molecule has 1 saturated carbocycles. The first kappa shape index (κ1) is 10.1. The molecular weight excluding hydrogens is 196 g/mol. The van der Waals surface area contributed by atoms with Crippen molar-refractivity contribution < 1.29 is 5.11 Å². The van der Waals surface area contributed by atoms with E-state index in [1.165, 1.54) is 4.88 Å². The van der Waals surface area contributed by atoms with Crippen molar-refractivity contribution in [1.82, 2.24) is 10.3 Å². The second-order valence-electron chi connectivity index (χ2n) is 3.92. The normalized spacial score (nSPS) is 28.5. The van der Waals surface area contributed by atoms with Crippen LogP contribution in [0.4, 0.5) is 0 Å². The summed E-state index contributed by atoms with van der Waals surface area (Å²) in [4.78, 5) is 5.48. The van der Waals surface area contributed by atoms with Crippen molar-refractivity contribution in [2.45, 2.75) is 44.9 Å². The summed E-state index contributed by atoms with van der Waals surface area (Å²) < 4.78 is 0. The van der Waals surface area contributed by atoms with E-state index in [1.807, 2.05) is 13.1 Å². The van der Waals surface area contributed by atoms with Crippen molar-refractivity contribution in [3.63, 3.8) is 0 Å². The number of aliphatic hydroxyl groups is 1. The summed E-state index contributed by atoms with van der Waals surface area (Å²) in [6.07, 6.45) is 3.80. The van der Waals surface area contributed by atoms with Crippen LogP contribution < -0.4 is 5.32 Å². The molecule has 0 bridgehead atoms. The van der Waals surface area contributed by atoms with E-state index in [-0.39, 0.29) is 12.1 Å². The SMILES string of the molecule is Cc1ncc(C(C)N[C@@H]2CC[C@H]2O)s1. The summed E-state index contributed by atoms with van der Waals surface area (Å²) >= 11 is 1.72. The first-order chi connectivity index (χ1) is 6.66. The second-order valence-corrected chi connectivity index (χ2v) is 5.19. The van der Waals surface area contributed by atoms with Gasteiger partial charge in [0.25, 0.3) is 0 Å². The van der Waals surface area contributed by atoms with Gasteiger partial charge in [-0.3, -0.25) is 0 Å². The van der Waals surface area contributed by atoms with Gasteiger partial charge in [0.15, 0.2) is 0 Å². The quantitative estimate of drug-likeness (QED) is 0.800. The van der Waals surface area contributed by atoms with Crippen LogP contribution in [0.25, 0.3) is 0 Å². The Labute approximate surface area is 88.2 Å². The highest BCUT2D eigenvalue weighted by atomic mass is 32.1. The third-order valence-corrected chi connectivity index (χ3v) is 3.86. The van der Waals surface area contributed by atoms with Gasteiger partial charge in [0.05, 0.1) is 11.1 Å². The third kappa shape index (κ3) is 1.97. The Balaban J connectivity index is 1.92. The standard InChI is InChI=1S/C10H16N2OS/c1-6(10-5-11-7(2)14-10)12-8-3-4-9(8)13/h5-6,8-9,12-13H,3-4H2,1-2H3/t6?,8-,9-/m1/s1. The van der Waals surface area contributed by atoms with Gasteiger partial charge >= 0.3 is 0 Å². The van der Waals surface area contributed by atoms with Gasteiger partial charge in [-0.25, -0.2) is 4.98 Å². The van der Waals surface area contributed by atoms with Gasteiger partial charge < -0.3 is 10.4 Å². The molecule has 0 aliphatic heterocycles. The summed E-state index contributed by atoms with van der Waals surface area (Å²) in [6.45, 7) is 4.14. The molecule has 14 heavy (non-hydrogen) atoms. The Morgan fingerprint density at radius 3 is 2.86 bits per heavy atom. The lowest BCUT2D eigenvalue weighted by Gasteiger charge is -2.35. The Kier molecular flexibility index (Phi) is 2.85. The highest BCUT2D eigenvalue weighted by Gasteiger charge is 2.29. The van der Waals surface area contributed by atoms with E-state index in [9.17, 15) is 5.11 Å². The maximum absolute atomic E-state index is 9.43. The summed E-state index contributed by atoms with van der Waals surface area (Å²) in [5.74, 6) is 0. The van der Waals surface area contributed by atoms with Gasteiger partial charge in [0, 0.05) is 23.2 Å². The lowest BCUT2D eigenvalue weighted by molar-refractivity contribution is 0.0451. The third-order valence-electron chi connectivity index (χ3n) is 2.77. The van der Waals surface area contributed by atoms with E-state index in [1.54, 1.807) is 11.3 Å². The number of thiazole rings is 1. The Morgan fingerprint density at radius 1 is 1.64 bits per heavy atom. The largest absolute Gasteiger partial charge is 0.392 e. The van der Waals surface area contributed by atoms with E-state index in [0.717, 1.165) is 17.8 Å². The predicted molar refractivity (Wildman–Crippen MR) is 57.4 cm³/mol. The molecule has 1 aromatic rings. The molecule has 3 nitrogen and oxygen atoms in total. The van der Waals surface area contributed by atoms with Gasteiger partial charge in [0.1, 0.15) is 0 Å². The number of rotatable bonds is 3. The lowest BCUT2D eigenvalue weighted by Crippen LogP contribution is -2.48. The molecule has 3 atom stereocenters. The molecule has 1 aliphatic rings. The van der Waals surface area contributed by atoms with Crippen LogP contribution in [-0.2, 0) is 0 Å². The zero-order valence-corrected chi connectivity index (χ0v) is 9.34. The molecule has 1 aromatic heterocycles. The minimum atomic E-state index is -0.147. The van der Waals surface area contributed by atoms with Gasteiger partial charge in [-0.15, -0.1) is 11.3 Å². The Bertz CT molecular complexity index is 313. The van der Waals surface area contributed by atoms with Crippen LogP contribution in [0, 0.1) is 6.92 Å². The van der Waals surface area contributed by atoms with E-state index in [2.05, 4.69) is 17.2 Å². The lowest BCUT2D eigenvalue weighted by atomic mass is 9.89. The van der Waals surface area contributed by atoms with Gasteiger partial charge in [0.2, 0.25) is 0 Å². The molecule has 78 valence electrons. The number of nitrogens with one attached hydrogen (secondary N) is 1. The maximum Gasteiger partial charge on any atom is 0.0897 e. The summed E-state index contributed by atoms with van der Waals surface area (Å²) in [6, 6.07) is 0.591. The molecule has 1 unspecified atom stereocenters. The Morgan fingerprint density at radius 2 is 2.43 bits per heavy atom.